The van der Waals surface area contributed by atoms with Crippen molar-refractivity contribution in [3.05, 3.63) is 83.4 Å². The number of benzene rings is 3. The molecule has 2 amide bonds. The minimum atomic E-state index is -0.787. The van der Waals surface area contributed by atoms with E-state index in [0.717, 1.165) is 16.7 Å². The average molecular weight is 459 g/mol. The Morgan fingerprint density at radius 3 is 2.18 bits per heavy atom. The Labute approximate surface area is 200 Å². The maximum Gasteiger partial charge on any atom is 0.255 e. The molecule has 0 spiro atoms. The molecule has 1 heterocycles. The van der Waals surface area contributed by atoms with Gasteiger partial charge in [-0.1, -0.05) is 54.6 Å². The molecule has 0 bridgehead atoms. The third-order valence-corrected chi connectivity index (χ3v) is 5.84. The van der Waals surface area contributed by atoms with Crippen LogP contribution in [0.15, 0.2) is 66.7 Å². The second kappa shape index (κ2) is 9.21. The van der Waals surface area contributed by atoms with Gasteiger partial charge in [-0.3, -0.25) is 9.59 Å². The molecule has 1 aliphatic heterocycles. The Morgan fingerprint density at radius 2 is 1.53 bits per heavy atom. The van der Waals surface area contributed by atoms with Crippen LogP contribution in [0.2, 0.25) is 0 Å². The van der Waals surface area contributed by atoms with E-state index in [1.807, 2.05) is 75.4 Å². The first-order valence-electron chi connectivity index (χ1n) is 11.3. The number of fused-ring (bicyclic) bond motifs is 1. The topological polar surface area (TPSA) is 67.9 Å². The van der Waals surface area contributed by atoms with Crippen LogP contribution < -0.4 is 14.8 Å². The molecular weight excluding hydrogens is 428 g/mol. The molecule has 4 rings (SSSR count). The number of rotatable bonds is 6. The van der Waals surface area contributed by atoms with E-state index in [2.05, 4.69) is 5.32 Å². The van der Waals surface area contributed by atoms with Gasteiger partial charge in [0, 0.05) is 23.2 Å². The standard InChI is InChI=1S/C28H30N2O4/c1-28(2,3)29-26(31)25-21-15-23(33-4)24(34-5)16-22(21)27(32)30(25)17-19-13-9-10-14-20(19)18-11-7-6-8-12-18/h6-16,25H,17H2,1-5H3,(H,29,31). The van der Waals surface area contributed by atoms with Gasteiger partial charge in [0.05, 0.1) is 14.2 Å². The van der Waals surface area contributed by atoms with Crippen LogP contribution >= 0.6 is 0 Å². The van der Waals surface area contributed by atoms with Crippen LogP contribution in [-0.4, -0.2) is 36.5 Å². The summed E-state index contributed by atoms with van der Waals surface area (Å²) in [5.74, 6) is 0.488. The van der Waals surface area contributed by atoms with Gasteiger partial charge in [0.2, 0.25) is 5.91 Å². The molecule has 34 heavy (non-hydrogen) atoms. The summed E-state index contributed by atoms with van der Waals surface area (Å²) >= 11 is 0. The number of carbonyl (C=O) groups excluding carboxylic acids is 2. The van der Waals surface area contributed by atoms with Gasteiger partial charge in [-0.05, 0) is 49.6 Å². The molecule has 3 aromatic rings. The summed E-state index contributed by atoms with van der Waals surface area (Å²) in [6, 6.07) is 20.6. The molecule has 0 fully saturated rings. The van der Waals surface area contributed by atoms with E-state index in [9.17, 15) is 9.59 Å². The van der Waals surface area contributed by atoms with Crippen molar-refractivity contribution in [3.63, 3.8) is 0 Å². The third kappa shape index (κ3) is 4.49. The van der Waals surface area contributed by atoms with Gasteiger partial charge in [0.1, 0.15) is 6.04 Å². The molecule has 1 N–H and O–H groups in total. The van der Waals surface area contributed by atoms with Crippen molar-refractivity contribution in [2.75, 3.05) is 14.2 Å². The highest BCUT2D eigenvalue weighted by Crippen LogP contribution is 2.42. The number of nitrogens with one attached hydrogen (secondary N) is 1. The second-order valence-corrected chi connectivity index (χ2v) is 9.39. The van der Waals surface area contributed by atoms with Gasteiger partial charge < -0.3 is 19.7 Å². The van der Waals surface area contributed by atoms with E-state index in [4.69, 9.17) is 9.47 Å². The molecule has 0 aliphatic carbocycles. The summed E-state index contributed by atoms with van der Waals surface area (Å²) in [7, 11) is 3.07. The fourth-order valence-corrected chi connectivity index (χ4v) is 4.37. The van der Waals surface area contributed by atoms with Gasteiger partial charge in [-0.25, -0.2) is 0 Å². The number of hydrogen-bond acceptors (Lipinski definition) is 4. The lowest BCUT2D eigenvalue weighted by Gasteiger charge is -2.29. The predicted molar refractivity (Wildman–Crippen MR) is 132 cm³/mol. The van der Waals surface area contributed by atoms with Crippen LogP contribution in [0.3, 0.4) is 0 Å². The first-order valence-corrected chi connectivity index (χ1v) is 11.3. The van der Waals surface area contributed by atoms with E-state index in [-0.39, 0.29) is 18.4 Å². The minimum Gasteiger partial charge on any atom is -0.493 e. The van der Waals surface area contributed by atoms with Crippen molar-refractivity contribution < 1.29 is 19.1 Å². The predicted octanol–water partition coefficient (Wildman–Crippen LogP) is 4.98. The summed E-state index contributed by atoms with van der Waals surface area (Å²) in [4.78, 5) is 28.8. The molecule has 3 aromatic carbocycles. The number of hydrogen-bond donors (Lipinski definition) is 1. The Morgan fingerprint density at radius 1 is 0.912 bits per heavy atom. The van der Waals surface area contributed by atoms with E-state index in [1.165, 1.54) is 7.11 Å². The maximum atomic E-state index is 13.6. The summed E-state index contributed by atoms with van der Waals surface area (Å²) in [6.45, 7) is 6.05. The zero-order valence-electron chi connectivity index (χ0n) is 20.2. The van der Waals surface area contributed by atoms with Crippen LogP contribution in [0.4, 0.5) is 0 Å². The smallest absolute Gasteiger partial charge is 0.255 e. The van der Waals surface area contributed by atoms with Gasteiger partial charge in [-0.2, -0.15) is 0 Å². The molecule has 0 saturated carbocycles. The molecule has 0 aromatic heterocycles. The summed E-state index contributed by atoms with van der Waals surface area (Å²) in [5, 5.41) is 3.05. The van der Waals surface area contributed by atoms with Crippen molar-refractivity contribution in [2.24, 2.45) is 0 Å². The Kier molecular flexibility index (Phi) is 6.33. The van der Waals surface area contributed by atoms with E-state index in [1.54, 1.807) is 24.1 Å². The van der Waals surface area contributed by atoms with Crippen molar-refractivity contribution >= 4 is 11.8 Å². The number of nitrogens with zero attached hydrogens (tertiary/aromatic N) is 1. The number of amides is 2. The van der Waals surface area contributed by atoms with Crippen molar-refractivity contribution in [3.8, 4) is 22.6 Å². The second-order valence-electron chi connectivity index (χ2n) is 9.39. The van der Waals surface area contributed by atoms with Crippen LogP contribution in [0.5, 0.6) is 11.5 Å². The molecule has 0 saturated heterocycles. The van der Waals surface area contributed by atoms with Crippen molar-refractivity contribution in [2.45, 2.75) is 38.9 Å². The van der Waals surface area contributed by atoms with Crippen LogP contribution in [0, 0.1) is 0 Å². The van der Waals surface area contributed by atoms with Gasteiger partial charge in [0.15, 0.2) is 11.5 Å². The minimum absolute atomic E-state index is 0.215. The van der Waals surface area contributed by atoms with E-state index >= 15 is 0 Å². The third-order valence-electron chi connectivity index (χ3n) is 5.84. The molecule has 1 aliphatic rings. The monoisotopic (exact) mass is 458 g/mol. The van der Waals surface area contributed by atoms with Crippen molar-refractivity contribution in [1.29, 1.82) is 0 Å². The molecule has 176 valence electrons. The lowest BCUT2D eigenvalue weighted by atomic mass is 9.98. The largest absolute Gasteiger partial charge is 0.493 e. The van der Waals surface area contributed by atoms with Crippen molar-refractivity contribution in [1.82, 2.24) is 10.2 Å². The van der Waals surface area contributed by atoms with Crippen LogP contribution in [0.25, 0.3) is 11.1 Å². The highest BCUT2D eigenvalue weighted by Gasteiger charge is 2.43. The van der Waals surface area contributed by atoms with Crippen LogP contribution in [-0.2, 0) is 11.3 Å². The summed E-state index contributed by atoms with van der Waals surface area (Å²) in [6.07, 6.45) is 0. The highest BCUT2D eigenvalue weighted by atomic mass is 16.5. The molecular formula is C28H30N2O4. The fourth-order valence-electron chi connectivity index (χ4n) is 4.37. The lowest BCUT2D eigenvalue weighted by Crippen LogP contribution is -2.46. The van der Waals surface area contributed by atoms with Gasteiger partial charge in [0.25, 0.3) is 5.91 Å². The van der Waals surface area contributed by atoms with Gasteiger partial charge >= 0.3 is 0 Å². The molecule has 6 heteroatoms. The molecule has 1 atom stereocenters. The molecule has 0 radical (unpaired) electrons. The SMILES string of the molecule is COc1cc2c(cc1OC)C(C(=O)NC(C)(C)C)N(Cc1ccccc1-c1ccccc1)C2=O. The maximum absolute atomic E-state index is 13.6. The number of carbonyl (C=O) groups is 2. The first kappa shape index (κ1) is 23.4. The number of methoxy groups -OCH3 is 2. The Balaban J connectivity index is 1.80. The molecule has 1 unspecified atom stereocenters. The van der Waals surface area contributed by atoms with E-state index in [0.29, 0.717) is 22.6 Å². The quantitative estimate of drug-likeness (QED) is 0.566. The number of ether oxygens (including phenoxy) is 2. The average Bonchev–Trinajstić information content (AvgIpc) is 3.08. The fraction of sp³-hybridized carbons (Fsp3) is 0.286. The highest BCUT2D eigenvalue weighted by molar-refractivity contribution is 6.05. The van der Waals surface area contributed by atoms with Gasteiger partial charge in [-0.15, -0.1) is 0 Å². The zero-order valence-corrected chi connectivity index (χ0v) is 20.2. The summed E-state index contributed by atoms with van der Waals surface area (Å²) < 4.78 is 10.9. The normalized spacial score (nSPS) is 15.1. The Hall–Kier alpha value is -3.80. The van der Waals surface area contributed by atoms with E-state index < -0.39 is 11.6 Å². The zero-order chi connectivity index (χ0) is 24.5. The first-order chi connectivity index (χ1) is 16.2. The summed E-state index contributed by atoms with van der Waals surface area (Å²) in [5.41, 5.74) is 3.65. The molecule has 6 nitrogen and oxygen atoms in total. The Bertz CT molecular complexity index is 1210. The van der Waals surface area contributed by atoms with Crippen LogP contribution in [0.1, 0.15) is 48.3 Å². The lowest BCUT2D eigenvalue weighted by molar-refractivity contribution is -0.127.